The van der Waals surface area contributed by atoms with Crippen LogP contribution in [-0.2, 0) is 0 Å². The van der Waals surface area contributed by atoms with Gasteiger partial charge in [-0.15, -0.1) is 0 Å². The van der Waals surface area contributed by atoms with Gasteiger partial charge in [0.25, 0.3) is 5.56 Å². The number of H-pyrrole nitrogens is 1. The van der Waals surface area contributed by atoms with Crippen molar-refractivity contribution in [3.63, 3.8) is 0 Å². The molecule has 2 rings (SSSR count). The molecule has 0 fully saturated rings. The fourth-order valence-electron chi connectivity index (χ4n) is 0.799. The number of aromatic amines is 1. The van der Waals surface area contributed by atoms with Crippen LogP contribution in [0.2, 0.25) is 0 Å². The molecule has 0 aliphatic carbocycles. The van der Waals surface area contributed by atoms with E-state index in [1.54, 1.807) is 6.20 Å². The number of nitrogens with zero attached hydrogens (tertiary/aromatic N) is 3. The average Bonchev–Trinajstić information content (AvgIpc) is 2.35. The average molecular weight is 262 g/mol. The van der Waals surface area contributed by atoms with Crippen molar-refractivity contribution in [3.8, 4) is 0 Å². The van der Waals surface area contributed by atoms with E-state index in [4.69, 9.17) is 0 Å². The molecule has 0 saturated heterocycles. The van der Waals surface area contributed by atoms with E-state index in [-0.39, 0.29) is 5.56 Å². The SMILES string of the molecule is O=c1[nH]cnn2c(I)cnc12. The molecular weight excluding hydrogens is 259 g/mol. The van der Waals surface area contributed by atoms with Crippen molar-refractivity contribution in [2.24, 2.45) is 0 Å². The van der Waals surface area contributed by atoms with Crippen molar-refractivity contribution in [3.05, 3.63) is 26.6 Å². The molecule has 0 amide bonds. The normalized spacial score (nSPS) is 10.6. The molecule has 56 valence electrons. The molecule has 0 atom stereocenters. The highest BCUT2D eigenvalue weighted by atomic mass is 127. The number of rotatable bonds is 0. The van der Waals surface area contributed by atoms with E-state index in [9.17, 15) is 4.79 Å². The summed E-state index contributed by atoms with van der Waals surface area (Å²) in [5.41, 5.74) is 0.111. The number of hydrogen-bond donors (Lipinski definition) is 1. The first-order valence-corrected chi connectivity index (χ1v) is 3.94. The predicted octanol–water partition coefficient (Wildman–Crippen LogP) is 0.0222. The Balaban J connectivity index is 3.06. The minimum Gasteiger partial charge on any atom is -0.308 e. The van der Waals surface area contributed by atoms with Crippen LogP contribution in [0.15, 0.2) is 17.3 Å². The number of imidazole rings is 1. The lowest BCUT2D eigenvalue weighted by Gasteiger charge is -1.88. The highest BCUT2D eigenvalue weighted by Crippen LogP contribution is 2.01. The van der Waals surface area contributed by atoms with Gasteiger partial charge in [-0.1, -0.05) is 0 Å². The Morgan fingerprint density at radius 3 is 3.18 bits per heavy atom. The quantitative estimate of drug-likeness (QED) is 0.681. The lowest BCUT2D eigenvalue weighted by Crippen LogP contribution is -2.11. The maximum atomic E-state index is 11.0. The van der Waals surface area contributed by atoms with Crippen molar-refractivity contribution in [2.75, 3.05) is 0 Å². The maximum absolute atomic E-state index is 11.0. The van der Waals surface area contributed by atoms with Gasteiger partial charge >= 0.3 is 0 Å². The number of nitrogens with one attached hydrogen (secondary N) is 1. The van der Waals surface area contributed by atoms with Crippen molar-refractivity contribution >= 4 is 28.2 Å². The number of halogens is 1. The topological polar surface area (TPSA) is 63.0 Å². The second-order valence-electron chi connectivity index (χ2n) is 1.93. The van der Waals surface area contributed by atoms with Crippen molar-refractivity contribution in [2.45, 2.75) is 0 Å². The van der Waals surface area contributed by atoms with Gasteiger partial charge in [-0.2, -0.15) is 5.10 Å². The zero-order valence-corrected chi connectivity index (χ0v) is 7.44. The van der Waals surface area contributed by atoms with Gasteiger partial charge in [0.05, 0.1) is 6.20 Å². The Labute approximate surface area is 74.6 Å². The Morgan fingerprint density at radius 2 is 2.45 bits per heavy atom. The van der Waals surface area contributed by atoms with Crippen LogP contribution in [0.25, 0.3) is 5.65 Å². The van der Waals surface area contributed by atoms with Crippen LogP contribution in [0.4, 0.5) is 0 Å². The second kappa shape index (κ2) is 2.29. The summed E-state index contributed by atoms with van der Waals surface area (Å²) >= 11 is 2.06. The first-order valence-electron chi connectivity index (χ1n) is 2.86. The van der Waals surface area contributed by atoms with Gasteiger partial charge in [0.15, 0.2) is 0 Å². The Morgan fingerprint density at radius 1 is 1.64 bits per heavy atom. The molecule has 0 bridgehead atoms. The van der Waals surface area contributed by atoms with Gasteiger partial charge in [0.2, 0.25) is 5.65 Å². The summed E-state index contributed by atoms with van der Waals surface area (Å²) in [6.07, 6.45) is 2.94. The molecule has 5 nitrogen and oxygen atoms in total. The fraction of sp³-hybridized carbons (Fsp3) is 0. The molecule has 1 N–H and O–H groups in total. The van der Waals surface area contributed by atoms with E-state index in [0.717, 1.165) is 3.70 Å². The van der Waals surface area contributed by atoms with Crippen molar-refractivity contribution < 1.29 is 0 Å². The summed E-state index contributed by atoms with van der Waals surface area (Å²) in [6, 6.07) is 0. The third-order valence-corrected chi connectivity index (χ3v) is 2.00. The highest BCUT2D eigenvalue weighted by molar-refractivity contribution is 14.1. The van der Waals surface area contributed by atoms with Crippen LogP contribution in [-0.4, -0.2) is 19.6 Å². The molecule has 0 aliphatic rings. The van der Waals surface area contributed by atoms with E-state index in [0.29, 0.717) is 5.65 Å². The van der Waals surface area contributed by atoms with Gasteiger partial charge in [-0.05, 0) is 22.6 Å². The van der Waals surface area contributed by atoms with Gasteiger partial charge in [-0.25, -0.2) is 9.50 Å². The molecule has 11 heavy (non-hydrogen) atoms. The van der Waals surface area contributed by atoms with Crippen LogP contribution < -0.4 is 5.56 Å². The molecule has 0 unspecified atom stereocenters. The standard InChI is InChI=1S/C5H3IN4O/c6-3-1-7-4-5(11)8-2-9-10(3)4/h1-2H,(H,8,9,11). The van der Waals surface area contributed by atoms with Gasteiger partial charge in [0.1, 0.15) is 10.0 Å². The van der Waals surface area contributed by atoms with E-state index in [2.05, 4.69) is 37.7 Å². The Hall–Kier alpha value is -0.920. The third kappa shape index (κ3) is 0.934. The Kier molecular flexibility index (Phi) is 1.41. The summed E-state index contributed by atoms with van der Waals surface area (Å²) < 4.78 is 2.31. The number of fused-ring (bicyclic) bond motifs is 1. The second-order valence-corrected chi connectivity index (χ2v) is 3.04. The highest BCUT2D eigenvalue weighted by Gasteiger charge is 2.02. The van der Waals surface area contributed by atoms with E-state index >= 15 is 0 Å². The molecule has 0 aliphatic heterocycles. The number of aromatic nitrogens is 4. The maximum Gasteiger partial charge on any atom is 0.294 e. The predicted molar refractivity (Wildman–Crippen MR) is 46.3 cm³/mol. The third-order valence-electron chi connectivity index (χ3n) is 1.27. The fourth-order valence-corrected chi connectivity index (χ4v) is 1.29. The largest absolute Gasteiger partial charge is 0.308 e. The van der Waals surface area contributed by atoms with Crippen molar-refractivity contribution in [1.29, 1.82) is 0 Å². The molecular formula is C5H3IN4O. The summed E-state index contributed by atoms with van der Waals surface area (Å²) in [4.78, 5) is 17.3. The van der Waals surface area contributed by atoms with E-state index < -0.39 is 0 Å². The molecule has 2 heterocycles. The van der Waals surface area contributed by atoms with Crippen LogP contribution in [0.5, 0.6) is 0 Å². The first kappa shape index (κ1) is 6.77. The molecule has 2 aromatic rings. The van der Waals surface area contributed by atoms with E-state index in [1.807, 2.05) is 0 Å². The zero-order valence-electron chi connectivity index (χ0n) is 5.28. The lowest BCUT2D eigenvalue weighted by molar-refractivity contribution is 0.865. The molecule has 0 radical (unpaired) electrons. The monoisotopic (exact) mass is 262 g/mol. The molecule has 2 aromatic heterocycles. The molecule has 0 spiro atoms. The van der Waals surface area contributed by atoms with Gasteiger partial charge in [-0.3, -0.25) is 4.79 Å². The molecule has 0 saturated carbocycles. The molecule has 6 heteroatoms. The zero-order chi connectivity index (χ0) is 7.84. The van der Waals surface area contributed by atoms with Crippen LogP contribution in [0.3, 0.4) is 0 Å². The number of hydrogen-bond acceptors (Lipinski definition) is 3. The summed E-state index contributed by atoms with van der Waals surface area (Å²) in [6.45, 7) is 0. The van der Waals surface area contributed by atoms with Crippen molar-refractivity contribution in [1.82, 2.24) is 19.6 Å². The first-order chi connectivity index (χ1) is 5.29. The smallest absolute Gasteiger partial charge is 0.294 e. The van der Waals surface area contributed by atoms with Gasteiger partial charge < -0.3 is 4.98 Å². The van der Waals surface area contributed by atoms with Crippen LogP contribution in [0, 0.1) is 3.70 Å². The summed E-state index contributed by atoms with van der Waals surface area (Å²) in [5.74, 6) is 0. The van der Waals surface area contributed by atoms with E-state index in [1.165, 1.54) is 10.8 Å². The van der Waals surface area contributed by atoms with Crippen LogP contribution in [0.1, 0.15) is 0 Å². The summed E-state index contributed by atoms with van der Waals surface area (Å²) in [7, 11) is 0. The lowest BCUT2D eigenvalue weighted by atomic mass is 10.8. The minimum atomic E-state index is -0.220. The minimum absolute atomic E-state index is 0.220. The van der Waals surface area contributed by atoms with Crippen LogP contribution >= 0.6 is 22.6 Å². The Bertz CT molecular complexity index is 445. The molecule has 0 aromatic carbocycles. The van der Waals surface area contributed by atoms with Gasteiger partial charge in [0, 0.05) is 0 Å². The summed E-state index contributed by atoms with van der Waals surface area (Å²) in [5, 5.41) is 3.89.